The van der Waals surface area contributed by atoms with Gasteiger partial charge in [-0.05, 0) is 69.0 Å². The first-order valence-electron chi connectivity index (χ1n) is 7.62. The van der Waals surface area contributed by atoms with Crippen LogP contribution in [-0.4, -0.2) is 24.0 Å². The molecule has 2 unspecified atom stereocenters. The van der Waals surface area contributed by atoms with E-state index < -0.39 is 0 Å². The molecule has 0 bridgehead atoms. The number of nitrogens with two attached hydrogens (primary N) is 1. The summed E-state index contributed by atoms with van der Waals surface area (Å²) in [5, 5.41) is 0. The Morgan fingerprint density at radius 2 is 1.79 bits per heavy atom. The van der Waals surface area contributed by atoms with Crippen molar-refractivity contribution in [3.05, 3.63) is 34.4 Å². The smallest absolute Gasteiger partial charge is 0.0501 e. The SMILES string of the molecule is CCN1CCCCC(N)C1c1cc(C)c(C)cc1C. The average Bonchev–Trinajstić information content (AvgIpc) is 2.55. The monoisotopic (exact) mass is 260 g/mol. The molecule has 0 amide bonds. The highest BCUT2D eigenvalue weighted by molar-refractivity contribution is 5.39. The third-order valence-electron chi connectivity index (χ3n) is 4.64. The summed E-state index contributed by atoms with van der Waals surface area (Å²) in [4.78, 5) is 2.56. The molecule has 106 valence electrons. The minimum Gasteiger partial charge on any atom is -0.326 e. The van der Waals surface area contributed by atoms with Crippen LogP contribution in [0.2, 0.25) is 0 Å². The molecule has 0 aromatic heterocycles. The molecule has 0 spiro atoms. The van der Waals surface area contributed by atoms with Gasteiger partial charge < -0.3 is 5.73 Å². The molecule has 1 aromatic rings. The standard InChI is InChI=1S/C17H28N2/c1-5-19-9-7-6-8-16(18)17(19)15-11-13(3)12(2)10-14(15)4/h10-11,16-17H,5-9,18H2,1-4H3. The Morgan fingerprint density at radius 3 is 2.47 bits per heavy atom. The van der Waals surface area contributed by atoms with Gasteiger partial charge in [0.15, 0.2) is 0 Å². The second kappa shape index (κ2) is 6.06. The summed E-state index contributed by atoms with van der Waals surface area (Å²) in [7, 11) is 0. The molecular formula is C17H28N2. The largest absolute Gasteiger partial charge is 0.326 e. The molecule has 0 radical (unpaired) electrons. The van der Waals surface area contributed by atoms with Gasteiger partial charge >= 0.3 is 0 Å². The summed E-state index contributed by atoms with van der Waals surface area (Å²) in [5.74, 6) is 0. The lowest BCUT2D eigenvalue weighted by atomic mass is 9.90. The van der Waals surface area contributed by atoms with E-state index in [9.17, 15) is 0 Å². The van der Waals surface area contributed by atoms with E-state index in [2.05, 4.69) is 44.7 Å². The number of hydrogen-bond acceptors (Lipinski definition) is 2. The van der Waals surface area contributed by atoms with Gasteiger partial charge in [-0.25, -0.2) is 0 Å². The van der Waals surface area contributed by atoms with E-state index >= 15 is 0 Å². The van der Waals surface area contributed by atoms with Gasteiger partial charge in [-0.15, -0.1) is 0 Å². The maximum Gasteiger partial charge on any atom is 0.0501 e. The second-order valence-corrected chi connectivity index (χ2v) is 6.03. The van der Waals surface area contributed by atoms with Crippen molar-refractivity contribution in [3.63, 3.8) is 0 Å². The number of hydrogen-bond donors (Lipinski definition) is 1. The van der Waals surface area contributed by atoms with E-state index in [1.807, 2.05) is 0 Å². The summed E-state index contributed by atoms with van der Waals surface area (Å²) in [6.07, 6.45) is 3.69. The van der Waals surface area contributed by atoms with Gasteiger partial charge in [-0.1, -0.05) is 25.5 Å². The lowest BCUT2D eigenvalue weighted by molar-refractivity contribution is 0.195. The molecule has 0 saturated carbocycles. The molecule has 2 heteroatoms. The fraction of sp³-hybridized carbons (Fsp3) is 0.647. The van der Waals surface area contributed by atoms with Crippen molar-refractivity contribution in [2.75, 3.05) is 13.1 Å². The summed E-state index contributed by atoms with van der Waals surface area (Å²) in [6.45, 7) is 11.1. The molecule has 1 fully saturated rings. The Labute approximate surface area is 118 Å². The van der Waals surface area contributed by atoms with Gasteiger partial charge in [-0.3, -0.25) is 4.90 Å². The molecule has 2 nitrogen and oxygen atoms in total. The van der Waals surface area contributed by atoms with Crippen molar-refractivity contribution in [3.8, 4) is 0 Å². The van der Waals surface area contributed by atoms with Gasteiger partial charge in [0.05, 0.1) is 6.04 Å². The van der Waals surface area contributed by atoms with E-state index in [1.54, 1.807) is 0 Å². The molecule has 1 heterocycles. The van der Waals surface area contributed by atoms with Gasteiger partial charge in [0, 0.05) is 6.04 Å². The Hall–Kier alpha value is -0.860. The number of likely N-dealkylation sites (tertiary alicyclic amines) is 1. The van der Waals surface area contributed by atoms with E-state index in [1.165, 1.54) is 41.6 Å². The van der Waals surface area contributed by atoms with E-state index in [0.29, 0.717) is 6.04 Å². The first-order valence-corrected chi connectivity index (χ1v) is 7.62. The van der Waals surface area contributed by atoms with E-state index in [0.717, 1.165) is 13.0 Å². The first-order chi connectivity index (χ1) is 9.04. The molecule has 19 heavy (non-hydrogen) atoms. The molecule has 1 aliphatic heterocycles. The number of nitrogens with zero attached hydrogens (tertiary/aromatic N) is 1. The normalized spacial score (nSPS) is 25.3. The quantitative estimate of drug-likeness (QED) is 0.882. The topological polar surface area (TPSA) is 29.3 Å². The molecule has 1 aromatic carbocycles. The van der Waals surface area contributed by atoms with Crippen LogP contribution < -0.4 is 5.73 Å². The highest BCUT2D eigenvalue weighted by Gasteiger charge is 2.29. The minimum absolute atomic E-state index is 0.267. The summed E-state index contributed by atoms with van der Waals surface area (Å²) >= 11 is 0. The maximum atomic E-state index is 6.49. The zero-order valence-electron chi connectivity index (χ0n) is 12.9. The number of rotatable bonds is 2. The molecule has 2 atom stereocenters. The molecule has 2 rings (SSSR count). The Kier molecular flexibility index (Phi) is 4.64. The lowest BCUT2D eigenvalue weighted by Crippen LogP contribution is -2.40. The van der Waals surface area contributed by atoms with Crippen LogP contribution in [0, 0.1) is 20.8 Å². The number of likely N-dealkylation sites (N-methyl/N-ethyl adjacent to an activating group) is 1. The van der Waals surface area contributed by atoms with Crippen LogP contribution in [0.1, 0.15) is 54.5 Å². The first kappa shape index (κ1) is 14.5. The van der Waals surface area contributed by atoms with Gasteiger partial charge in [0.25, 0.3) is 0 Å². The molecule has 2 N–H and O–H groups in total. The molecule has 0 aliphatic carbocycles. The van der Waals surface area contributed by atoms with Crippen molar-refractivity contribution < 1.29 is 0 Å². The Morgan fingerprint density at radius 1 is 1.11 bits per heavy atom. The highest BCUT2D eigenvalue weighted by Crippen LogP contribution is 2.32. The Bertz CT molecular complexity index is 439. The fourth-order valence-corrected chi connectivity index (χ4v) is 3.35. The summed E-state index contributed by atoms with van der Waals surface area (Å²) in [5.41, 5.74) is 12.1. The maximum absolute atomic E-state index is 6.49. The summed E-state index contributed by atoms with van der Waals surface area (Å²) < 4.78 is 0. The van der Waals surface area contributed by atoms with Crippen LogP contribution in [0.25, 0.3) is 0 Å². The molecular weight excluding hydrogens is 232 g/mol. The molecule has 1 saturated heterocycles. The Balaban J connectivity index is 2.43. The van der Waals surface area contributed by atoms with Crippen molar-refractivity contribution in [1.82, 2.24) is 4.90 Å². The fourth-order valence-electron chi connectivity index (χ4n) is 3.35. The van der Waals surface area contributed by atoms with Crippen molar-refractivity contribution in [2.45, 2.75) is 59.0 Å². The highest BCUT2D eigenvalue weighted by atomic mass is 15.2. The van der Waals surface area contributed by atoms with Crippen LogP contribution in [0.3, 0.4) is 0 Å². The van der Waals surface area contributed by atoms with Gasteiger partial charge in [0.1, 0.15) is 0 Å². The number of aryl methyl sites for hydroxylation is 3. The predicted molar refractivity (Wildman–Crippen MR) is 82.5 cm³/mol. The predicted octanol–water partition coefficient (Wildman–Crippen LogP) is 3.49. The van der Waals surface area contributed by atoms with Crippen LogP contribution in [0.4, 0.5) is 0 Å². The van der Waals surface area contributed by atoms with Crippen LogP contribution >= 0.6 is 0 Å². The zero-order valence-corrected chi connectivity index (χ0v) is 12.9. The minimum atomic E-state index is 0.267. The average molecular weight is 260 g/mol. The third-order valence-corrected chi connectivity index (χ3v) is 4.64. The van der Waals surface area contributed by atoms with Gasteiger partial charge in [-0.2, -0.15) is 0 Å². The van der Waals surface area contributed by atoms with Crippen LogP contribution in [0.15, 0.2) is 12.1 Å². The molecule has 1 aliphatic rings. The van der Waals surface area contributed by atoms with Crippen LogP contribution in [-0.2, 0) is 0 Å². The van der Waals surface area contributed by atoms with Crippen molar-refractivity contribution in [1.29, 1.82) is 0 Å². The van der Waals surface area contributed by atoms with Crippen molar-refractivity contribution >= 4 is 0 Å². The lowest BCUT2D eigenvalue weighted by Gasteiger charge is -2.34. The second-order valence-electron chi connectivity index (χ2n) is 6.03. The van der Waals surface area contributed by atoms with E-state index in [-0.39, 0.29) is 6.04 Å². The summed E-state index contributed by atoms with van der Waals surface area (Å²) in [6, 6.07) is 5.34. The van der Waals surface area contributed by atoms with Gasteiger partial charge in [0.2, 0.25) is 0 Å². The van der Waals surface area contributed by atoms with Crippen molar-refractivity contribution in [2.24, 2.45) is 5.73 Å². The third kappa shape index (κ3) is 3.01. The number of benzene rings is 1. The zero-order chi connectivity index (χ0) is 14.0. The van der Waals surface area contributed by atoms with Crippen LogP contribution in [0.5, 0.6) is 0 Å². The van der Waals surface area contributed by atoms with E-state index in [4.69, 9.17) is 5.73 Å².